The highest BCUT2D eigenvalue weighted by atomic mass is 16.7. The number of cyclic esters (lactones) is 1. The van der Waals surface area contributed by atoms with E-state index in [-0.39, 0.29) is 30.9 Å². The summed E-state index contributed by atoms with van der Waals surface area (Å²) < 4.78 is 36.5. The maximum Gasteiger partial charge on any atom is 0.425 e. The zero-order valence-electron chi connectivity index (χ0n) is 37.4. The van der Waals surface area contributed by atoms with E-state index >= 15 is 0 Å². The largest absolute Gasteiger partial charge is 0.497 e. The number of methoxy groups -OCH3 is 2. The van der Waals surface area contributed by atoms with Gasteiger partial charge in [0.1, 0.15) is 29.9 Å². The molecule has 2 amide bonds. The Bertz CT molecular complexity index is 1850. The average molecular weight is 842 g/mol. The number of aryl methyl sites for hydroxylation is 1. The Morgan fingerprint density at radius 3 is 2.43 bits per heavy atom. The third-order valence-corrected chi connectivity index (χ3v) is 12.9. The van der Waals surface area contributed by atoms with Gasteiger partial charge in [-0.25, -0.2) is 15.2 Å². The molecule has 1 unspecified atom stereocenters. The van der Waals surface area contributed by atoms with Gasteiger partial charge in [0, 0.05) is 49.2 Å². The second-order valence-electron chi connectivity index (χ2n) is 17.5. The van der Waals surface area contributed by atoms with Gasteiger partial charge in [-0.3, -0.25) is 19.4 Å². The Hall–Kier alpha value is -3.93. The molecule has 60 heavy (non-hydrogen) atoms. The smallest absolute Gasteiger partial charge is 0.425 e. The third kappa shape index (κ3) is 9.74. The van der Waals surface area contributed by atoms with E-state index in [2.05, 4.69) is 15.7 Å². The van der Waals surface area contributed by atoms with E-state index in [1.165, 1.54) is 19.0 Å². The van der Waals surface area contributed by atoms with Gasteiger partial charge in [0.05, 0.1) is 36.5 Å². The Kier molecular flexibility index (Phi) is 15.2. The van der Waals surface area contributed by atoms with Crippen LogP contribution in [0.15, 0.2) is 30.5 Å². The van der Waals surface area contributed by atoms with Crippen molar-refractivity contribution in [2.75, 3.05) is 34.9 Å². The molecule has 16 heteroatoms. The molecule has 334 valence electrons. The number of amides is 2. The van der Waals surface area contributed by atoms with Gasteiger partial charge < -0.3 is 43.7 Å². The van der Waals surface area contributed by atoms with E-state index in [4.69, 9.17) is 28.4 Å². The molecule has 0 radical (unpaired) electrons. The van der Waals surface area contributed by atoms with Crippen molar-refractivity contribution >= 4 is 34.7 Å². The summed E-state index contributed by atoms with van der Waals surface area (Å²) in [5.41, 5.74) is 2.43. The number of nitrogens with zero attached hydrogens (tertiary/aromatic N) is 3. The molecule has 3 N–H and O–H groups in total. The van der Waals surface area contributed by atoms with Crippen molar-refractivity contribution < 1.29 is 52.7 Å². The molecule has 5 rings (SSSR count). The minimum atomic E-state index is -1.44. The summed E-state index contributed by atoms with van der Waals surface area (Å²) in [6.45, 7) is 14.2. The van der Waals surface area contributed by atoms with Gasteiger partial charge in [-0.1, -0.05) is 20.8 Å². The number of hydrogen-bond acceptors (Lipinski definition) is 14. The van der Waals surface area contributed by atoms with E-state index < -0.39 is 83.5 Å². The van der Waals surface area contributed by atoms with Gasteiger partial charge in [-0.05, 0) is 105 Å². The highest BCUT2D eigenvalue weighted by molar-refractivity contribution is 6.00. The number of Topliss-reactive ketones (excluding diaryl/α,β-unsaturated/α-hetero) is 1. The summed E-state index contributed by atoms with van der Waals surface area (Å²) in [4.78, 5) is 62.8. The van der Waals surface area contributed by atoms with Crippen molar-refractivity contribution in [2.45, 2.75) is 148 Å². The summed E-state index contributed by atoms with van der Waals surface area (Å²) in [5.74, 6) is -3.84. The molecule has 0 aliphatic carbocycles. The van der Waals surface area contributed by atoms with Crippen LogP contribution in [0, 0.1) is 17.8 Å². The minimum absolute atomic E-state index is 0.0893. The molecule has 2 aromatic rings. The Morgan fingerprint density at radius 1 is 1.07 bits per heavy atom. The summed E-state index contributed by atoms with van der Waals surface area (Å²) in [5, 5.41) is 16.9. The molecular formula is C44H67N5O11. The first-order valence-corrected chi connectivity index (χ1v) is 21.2. The van der Waals surface area contributed by atoms with Crippen molar-refractivity contribution in [3.63, 3.8) is 0 Å². The molecule has 0 spiro atoms. The van der Waals surface area contributed by atoms with Gasteiger partial charge in [0.25, 0.3) is 0 Å². The van der Waals surface area contributed by atoms with Crippen LogP contribution in [0.5, 0.6) is 5.75 Å². The first-order chi connectivity index (χ1) is 28.3. The highest BCUT2D eigenvalue weighted by Gasteiger charge is 2.59. The highest BCUT2D eigenvalue weighted by Crippen LogP contribution is 2.40. The van der Waals surface area contributed by atoms with Crippen LogP contribution >= 0.6 is 0 Å². The second-order valence-corrected chi connectivity index (χ2v) is 17.5. The van der Waals surface area contributed by atoms with E-state index in [9.17, 15) is 24.3 Å². The van der Waals surface area contributed by atoms with Crippen LogP contribution in [0.3, 0.4) is 0 Å². The molecule has 0 saturated carbocycles. The van der Waals surface area contributed by atoms with E-state index in [0.29, 0.717) is 25.8 Å². The van der Waals surface area contributed by atoms with Crippen LogP contribution in [0.4, 0.5) is 4.79 Å². The van der Waals surface area contributed by atoms with E-state index in [0.717, 1.165) is 22.2 Å². The first kappa shape index (κ1) is 47.1. The van der Waals surface area contributed by atoms with Crippen LogP contribution in [0.1, 0.15) is 86.6 Å². The monoisotopic (exact) mass is 841 g/mol. The van der Waals surface area contributed by atoms with Crippen molar-refractivity contribution in [3.05, 3.63) is 36.0 Å². The fourth-order valence-electron chi connectivity index (χ4n) is 9.38. The number of pyridine rings is 1. The number of ketones is 1. The van der Waals surface area contributed by atoms with Gasteiger partial charge in [0.2, 0.25) is 5.91 Å². The number of nitrogens with one attached hydrogen (secondary N) is 2. The summed E-state index contributed by atoms with van der Waals surface area (Å²) in [7, 11) is 6.83. The molecular weight excluding hydrogens is 775 g/mol. The molecule has 3 aliphatic rings. The number of carbonyl (C=O) groups excluding carboxylic acids is 4. The lowest BCUT2D eigenvalue weighted by atomic mass is 9.78. The second kappa shape index (κ2) is 19.4. The lowest BCUT2D eigenvalue weighted by Gasteiger charge is -2.46. The topological polar surface area (TPSA) is 187 Å². The first-order valence-electron chi connectivity index (χ1n) is 21.2. The van der Waals surface area contributed by atoms with Crippen molar-refractivity contribution in [3.8, 4) is 5.75 Å². The van der Waals surface area contributed by atoms with E-state index in [1.807, 2.05) is 50.2 Å². The number of esters is 1. The minimum Gasteiger partial charge on any atom is -0.497 e. The molecule has 3 saturated heterocycles. The number of aromatic nitrogens is 1. The maximum absolute atomic E-state index is 14.4. The Labute approximate surface area is 354 Å². The summed E-state index contributed by atoms with van der Waals surface area (Å²) in [6, 6.07) is 5.89. The molecule has 0 bridgehead atoms. The third-order valence-electron chi connectivity index (χ3n) is 12.9. The van der Waals surface area contributed by atoms with Gasteiger partial charge >= 0.3 is 12.1 Å². The molecule has 16 nitrogen and oxygen atoms in total. The predicted molar refractivity (Wildman–Crippen MR) is 223 cm³/mol. The number of hydrogen-bond donors (Lipinski definition) is 3. The van der Waals surface area contributed by atoms with E-state index in [1.54, 1.807) is 54.8 Å². The molecule has 3 aliphatic heterocycles. The standard InChI is InChI=1S/C44H67N5O11/c1-13-34-44(8)37(49(42(54)60-44)46-19-14-15-29-18-20-45-32-22-30(55-11)16-17-31(29)32)28(6)47-39(52)24(2)23-43(7,56-12)38(26(4)35(50)27(5)40(53)58-34)59-41-36(51)33(48(9)10)21-25(3)57-41/h16-18,20,22,24-28,33-34,36-38,41,46,51H,13-15,19,21,23H2,1-12H3,(H,47,52)/t24-,25-,26+,27-,28?,33+,34-,36-,37-,38+,41+,43+,44-/m1/s1. The lowest BCUT2D eigenvalue weighted by Crippen LogP contribution is -2.63. The van der Waals surface area contributed by atoms with Crippen LogP contribution in [-0.2, 0) is 44.5 Å². The average Bonchev–Trinajstić information content (AvgIpc) is 3.48. The van der Waals surface area contributed by atoms with Crippen molar-refractivity contribution in [1.82, 2.24) is 25.6 Å². The molecule has 3 fully saturated rings. The number of carbonyl (C=O) groups is 4. The number of aliphatic hydroxyl groups excluding tert-OH is 1. The van der Waals surface area contributed by atoms with Gasteiger partial charge in [-0.15, -0.1) is 0 Å². The fourth-order valence-corrected chi connectivity index (χ4v) is 9.38. The summed E-state index contributed by atoms with van der Waals surface area (Å²) in [6.07, 6.45) is -1.25. The zero-order chi connectivity index (χ0) is 44.3. The quantitative estimate of drug-likeness (QED) is 0.166. The number of aliphatic hydroxyl groups is 1. The molecule has 4 heterocycles. The summed E-state index contributed by atoms with van der Waals surface area (Å²) >= 11 is 0. The van der Waals surface area contributed by atoms with Crippen LogP contribution in [0.25, 0.3) is 10.9 Å². The molecule has 1 aromatic carbocycles. The SMILES string of the molecule is CC[C@H]1OC(=O)[C@H](C)C(=O)[C@H](C)[C@H](O[C@@H]2O[C@H](C)C[C@H](N(C)C)[C@H]2O)[C@@](C)(OC)C[C@@H](C)C(=O)NC(C)[C@H]2N(NCCCc3ccnc4cc(OC)ccc34)C(=O)O[C@]12C. The normalized spacial score (nSPS) is 36.0. The fraction of sp³-hybridized carbons (Fsp3) is 0.705. The Morgan fingerprint density at radius 2 is 1.78 bits per heavy atom. The number of rotatable bonds is 11. The maximum atomic E-state index is 14.4. The number of benzene rings is 1. The zero-order valence-corrected chi connectivity index (χ0v) is 37.4. The number of ether oxygens (including phenoxy) is 6. The van der Waals surface area contributed by atoms with Crippen molar-refractivity contribution in [2.24, 2.45) is 17.8 Å². The van der Waals surface area contributed by atoms with Crippen LogP contribution in [-0.4, -0.2) is 139 Å². The lowest BCUT2D eigenvalue weighted by molar-refractivity contribution is -0.295. The van der Waals surface area contributed by atoms with Crippen LogP contribution in [0.2, 0.25) is 0 Å². The predicted octanol–water partition coefficient (Wildman–Crippen LogP) is 4.18. The molecule has 13 atom stereocenters. The molecule has 1 aromatic heterocycles. The number of fused-ring (bicyclic) bond motifs is 2. The van der Waals surface area contributed by atoms with Crippen molar-refractivity contribution in [1.29, 1.82) is 0 Å². The van der Waals surface area contributed by atoms with Crippen LogP contribution < -0.4 is 15.5 Å². The number of hydrazine groups is 1. The van der Waals surface area contributed by atoms with Gasteiger partial charge in [-0.2, -0.15) is 0 Å². The number of likely N-dealkylation sites (N-methyl/N-ethyl adjacent to an activating group) is 1. The Balaban J connectivity index is 1.43. The van der Waals surface area contributed by atoms with Gasteiger partial charge in [0.15, 0.2) is 17.7 Å².